The lowest BCUT2D eigenvalue weighted by atomic mass is 10.2. The molecule has 2 aromatic rings. The fraction of sp³-hybridized carbons (Fsp3) is 0.0769. The molecule has 3 N–H and O–H groups in total. The molecule has 2 rings (SSSR count). The Morgan fingerprint density at radius 1 is 1.25 bits per heavy atom. The quantitative estimate of drug-likeness (QED) is 0.802. The van der Waals surface area contributed by atoms with Gasteiger partial charge in [0.2, 0.25) is 0 Å². The third-order valence-corrected chi connectivity index (χ3v) is 5.20. The van der Waals surface area contributed by atoms with Gasteiger partial charge in [0.05, 0.1) is 11.4 Å². The second kappa shape index (κ2) is 5.63. The second-order valence-corrected chi connectivity index (χ2v) is 7.14. The van der Waals surface area contributed by atoms with E-state index in [1.807, 2.05) is 6.92 Å². The van der Waals surface area contributed by atoms with Crippen LogP contribution in [0.4, 0.5) is 11.4 Å². The highest BCUT2D eigenvalue weighted by Crippen LogP contribution is 2.31. The lowest BCUT2D eigenvalue weighted by molar-refractivity contribution is 0.601. The number of halogens is 2. The first kappa shape index (κ1) is 15.2. The van der Waals surface area contributed by atoms with Gasteiger partial charge in [-0.25, -0.2) is 8.42 Å². The zero-order valence-corrected chi connectivity index (χ0v) is 13.7. The van der Waals surface area contributed by atoms with Crippen LogP contribution in [0.25, 0.3) is 0 Å². The standard InChI is InChI=1S/C13H12BrClN2O2S/c1-8-6-9(14)12(7-10(8)15)17-20(18,19)13-5-3-2-4-11(13)16/h2-7,17H,16H2,1H3. The molecule has 0 unspecified atom stereocenters. The van der Waals surface area contributed by atoms with E-state index in [0.717, 1.165) is 5.56 Å². The molecule has 0 spiro atoms. The summed E-state index contributed by atoms with van der Waals surface area (Å²) in [6.45, 7) is 1.83. The van der Waals surface area contributed by atoms with Gasteiger partial charge in [0, 0.05) is 9.50 Å². The molecule has 0 radical (unpaired) electrons. The molecule has 0 saturated heterocycles. The lowest BCUT2D eigenvalue weighted by Gasteiger charge is -2.12. The minimum atomic E-state index is -3.76. The van der Waals surface area contributed by atoms with Crippen molar-refractivity contribution in [3.8, 4) is 0 Å². The average molecular weight is 376 g/mol. The molecule has 4 nitrogen and oxygen atoms in total. The minimum absolute atomic E-state index is 0.0311. The molecule has 0 aliphatic heterocycles. The van der Waals surface area contributed by atoms with Crippen LogP contribution in [0.15, 0.2) is 45.8 Å². The number of hydrogen-bond acceptors (Lipinski definition) is 3. The first-order valence-corrected chi connectivity index (χ1v) is 8.29. The number of benzene rings is 2. The molecule has 2 aromatic carbocycles. The van der Waals surface area contributed by atoms with E-state index >= 15 is 0 Å². The average Bonchev–Trinajstić information content (AvgIpc) is 2.36. The Morgan fingerprint density at radius 2 is 1.90 bits per heavy atom. The third-order valence-electron chi connectivity index (χ3n) is 2.70. The number of nitrogens with two attached hydrogens (primary N) is 1. The van der Waals surface area contributed by atoms with Gasteiger partial charge >= 0.3 is 0 Å². The van der Waals surface area contributed by atoms with Crippen molar-refractivity contribution in [2.45, 2.75) is 11.8 Å². The predicted octanol–water partition coefficient (Wildman–Crippen LogP) is 3.79. The van der Waals surface area contributed by atoms with Crippen LogP contribution in [-0.4, -0.2) is 8.42 Å². The lowest BCUT2D eigenvalue weighted by Crippen LogP contribution is -2.15. The smallest absolute Gasteiger partial charge is 0.263 e. The summed E-state index contributed by atoms with van der Waals surface area (Å²) in [5.41, 5.74) is 7.10. The molecular formula is C13H12BrClN2O2S. The molecule has 0 bridgehead atoms. The molecule has 0 aliphatic rings. The molecular weight excluding hydrogens is 364 g/mol. The van der Waals surface area contributed by atoms with Crippen LogP contribution in [0.2, 0.25) is 5.02 Å². The topological polar surface area (TPSA) is 72.2 Å². The summed E-state index contributed by atoms with van der Waals surface area (Å²) in [6, 6.07) is 9.56. The van der Waals surface area contributed by atoms with Crippen LogP contribution in [0.5, 0.6) is 0 Å². The Kier molecular flexibility index (Phi) is 4.27. The molecule has 0 heterocycles. The molecule has 0 aromatic heterocycles. The number of aryl methyl sites for hydroxylation is 1. The molecule has 0 fully saturated rings. The van der Waals surface area contributed by atoms with E-state index in [0.29, 0.717) is 15.2 Å². The fourth-order valence-corrected chi connectivity index (χ4v) is 3.71. The van der Waals surface area contributed by atoms with Crippen molar-refractivity contribution in [2.75, 3.05) is 10.5 Å². The molecule has 0 saturated carbocycles. The highest BCUT2D eigenvalue weighted by atomic mass is 79.9. The largest absolute Gasteiger partial charge is 0.398 e. The van der Waals surface area contributed by atoms with Gasteiger partial charge in [-0.1, -0.05) is 23.7 Å². The van der Waals surface area contributed by atoms with Crippen LogP contribution < -0.4 is 10.5 Å². The van der Waals surface area contributed by atoms with Gasteiger partial charge in [-0.15, -0.1) is 0 Å². The van der Waals surface area contributed by atoms with Crippen molar-refractivity contribution < 1.29 is 8.42 Å². The van der Waals surface area contributed by atoms with Crippen LogP contribution >= 0.6 is 27.5 Å². The zero-order valence-electron chi connectivity index (χ0n) is 10.5. The Bertz CT molecular complexity index is 763. The van der Waals surface area contributed by atoms with Crippen LogP contribution in [0.3, 0.4) is 0 Å². The summed E-state index contributed by atoms with van der Waals surface area (Å²) in [5, 5.41) is 0.479. The zero-order chi connectivity index (χ0) is 14.9. The van der Waals surface area contributed by atoms with Gasteiger partial charge < -0.3 is 5.73 Å². The first-order valence-electron chi connectivity index (χ1n) is 5.64. The maximum absolute atomic E-state index is 12.3. The van der Waals surface area contributed by atoms with Crippen molar-refractivity contribution in [1.82, 2.24) is 0 Å². The molecule has 20 heavy (non-hydrogen) atoms. The Labute approximate surface area is 131 Å². The van der Waals surface area contributed by atoms with E-state index in [-0.39, 0.29) is 10.6 Å². The minimum Gasteiger partial charge on any atom is -0.398 e. The third kappa shape index (κ3) is 3.08. The molecule has 0 aliphatic carbocycles. The molecule has 0 amide bonds. The summed E-state index contributed by atoms with van der Waals surface area (Å²) >= 11 is 9.32. The summed E-state index contributed by atoms with van der Waals surface area (Å²) in [4.78, 5) is 0.0311. The summed E-state index contributed by atoms with van der Waals surface area (Å²) < 4.78 is 27.7. The Morgan fingerprint density at radius 3 is 2.55 bits per heavy atom. The number of para-hydroxylation sites is 1. The van der Waals surface area contributed by atoms with Crippen LogP contribution in [0, 0.1) is 6.92 Å². The monoisotopic (exact) mass is 374 g/mol. The van der Waals surface area contributed by atoms with E-state index in [9.17, 15) is 8.42 Å². The second-order valence-electron chi connectivity index (χ2n) is 4.22. The number of anilines is 2. The maximum atomic E-state index is 12.3. The van der Waals surface area contributed by atoms with Gasteiger partial charge in [0.15, 0.2) is 0 Å². The van der Waals surface area contributed by atoms with Gasteiger partial charge in [-0.3, -0.25) is 4.72 Å². The van der Waals surface area contributed by atoms with E-state index in [1.165, 1.54) is 12.1 Å². The van der Waals surface area contributed by atoms with Gasteiger partial charge in [-0.2, -0.15) is 0 Å². The Hall–Kier alpha value is -1.24. The van der Waals surface area contributed by atoms with E-state index in [4.69, 9.17) is 17.3 Å². The maximum Gasteiger partial charge on any atom is 0.263 e. The summed E-state index contributed by atoms with van der Waals surface area (Å²) in [6.07, 6.45) is 0. The van der Waals surface area contributed by atoms with E-state index < -0.39 is 10.0 Å². The SMILES string of the molecule is Cc1cc(Br)c(NS(=O)(=O)c2ccccc2N)cc1Cl. The highest BCUT2D eigenvalue weighted by molar-refractivity contribution is 9.10. The highest BCUT2D eigenvalue weighted by Gasteiger charge is 2.18. The Balaban J connectivity index is 2.44. The van der Waals surface area contributed by atoms with Crippen LogP contribution in [0.1, 0.15) is 5.56 Å². The normalized spacial score (nSPS) is 11.3. The predicted molar refractivity (Wildman–Crippen MR) is 85.6 cm³/mol. The molecule has 7 heteroatoms. The summed E-state index contributed by atoms with van der Waals surface area (Å²) in [5.74, 6) is 0. The number of hydrogen-bond donors (Lipinski definition) is 2. The van der Waals surface area contributed by atoms with Crippen molar-refractivity contribution in [1.29, 1.82) is 0 Å². The summed E-state index contributed by atoms with van der Waals surface area (Å²) in [7, 11) is -3.76. The van der Waals surface area contributed by atoms with Gasteiger partial charge in [0.25, 0.3) is 10.0 Å². The number of rotatable bonds is 3. The molecule has 0 atom stereocenters. The first-order chi connectivity index (χ1) is 9.31. The fourth-order valence-electron chi connectivity index (χ4n) is 1.65. The number of nitrogens with one attached hydrogen (secondary N) is 1. The van der Waals surface area contributed by atoms with Crippen molar-refractivity contribution in [2.24, 2.45) is 0 Å². The number of nitrogen functional groups attached to an aromatic ring is 1. The van der Waals surface area contributed by atoms with Gasteiger partial charge in [0.1, 0.15) is 4.90 Å². The van der Waals surface area contributed by atoms with E-state index in [1.54, 1.807) is 24.3 Å². The molecule has 106 valence electrons. The van der Waals surface area contributed by atoms with Crippen LogP contribution in [-0.2, 0) is 10.0 Å². The van der Waals surface area contributed by atoms with Crippen molar-refractivity contribution in [3.05, 3.63) is 51.5 Å². The van der Waals surface area contributed by atoms with Crippen molar-refractivity contribution >= 4 is 48.9 Å². The van der Waals surface area contributed by atoms with E-state index in [2.05, 4.69) is 20.7 Å². The van der Waals surface area contributed by atoms with Gasteiger partial charge in [-0.05, 0) is 52.7 Å². The van der Waals surface area contributed by atoms with Crippen molar-refractivity contribution in [3.63, 3.8) is 0 Å². The number of sulfonamides is 1.